The van der Waals surface area contributed by atoms with Gasteiger partial charge in [0.15, 0.2) is 0 Å². The molecule has 0 spiro atoms. The molecule has 0 aliphatic carbocycles. The Morgan fingerprint density at radius 2 is 2.33 bits per heavy atom. The molecule has 0 bridgehead atoms. The highest BCUT2D eigenvalue weighted by Gasteiger charge is 2.13. The van der Waals surface area contributed by atoms with E-state index in [2.05, 4.69) is 29.7 Å². The van der Waals surface area contributed by atoms with Crippen molar-refractivity contribution in [2.45, 2.75) is 38.3 Å². The molecular weight excluding hydrogens is 224 g/mol. The van der Waals surface area contributed by atoms with Gasteiger partial charge >= 0.3 is 0 Å². The fourth-order valence-electron chi connectivity index (χ4n) is 2.45. The van der Waals surface area contributed by atoms with E-state index >= 15 is 0 Å². The van der Waals surface area contributed by atoms with Crippen molar-refractivity contribution in [3.63, 3.8) is 0 Å². The second-order valence-electron chi connectivity index (χ2n) is 5.05. The van der Waals surface area contributed by atoms with E-state index in [1.165, 1.54) is 31.4 Å². The summed E-state index contributed by atoms with van der Waals surface area (Å²) >= 11 is 0. The second kappa shape index (κ2) is 6.76. The zero-order valence-electron chi connectivity index (χ0n) is 11.4. The van der Waals surface area contributed by atoms with E-state index in [4.69, 9.17) is 4.74 Å². The maximum atomic E-state index is 5.26. The van der Waals surface area contributed by atoms with E-state index in [0.29, 0.717) is 12.1 Å². The molecule has 1 aromatic carbocycles. The SMILES string of the molecule is COc1cccc([C@H](C)NCC2CCCCN2)c1. The number of methoxy groups -OCH3 is 1. The standard InChI is InChI=1S/C15H24N2O/c1-12(13-6-5-8-15(10-13)18-2)17-11-14-7-3-4-9-16-14/h5-6,8,10,12,14,16-17H,3-4,7,9,11H2,1-2H3/t12-,14?/m0/s1. The third-order valence-corrected chi connectivity index (χ3v) is 3.68. The van der Waals surface area contributed by atoms with E-state index in [1.54, 1.807) is 7.11 Å². The number of hydrogen-bond donors (Lipinski definition) is 2. The van der Waals surface area contributed by atoms with Crippen LogP contribution in [0.5, 0.6) is 5.75 Å². The number of piperidine rings is 1. The summed E-state index contributed by atoms with van der Waals surface area (Å²) in [6.07, 6.45) is 3.96. The second-order valence-corrected chi connectivity index (χ2v) is 5.05. The van der Waals surface area contributed by atoms with Crippen LogP contribution >= 0.6 is 0 Å². The highest BCUT2D eigenvalue weighted by molar-refractivity contribution is 5.30. The lowest BCUT2D eigenvalue weighted by molar-refractivity contribution is 0.370. The Morgan fingerprint density at radius 1 is 1.44 bits per heavy atom. The molecule has 1 unspecified atom stereocenters. The van der Waals surface area contributed by atoms with Crippen LogP contribution in [0.3, 0.4) is 0 Å². The van der Waals surface area contributed by atoms with Crippen LogP contribution in [-0.4, -0.2) is 26.2 Å². The van der Waals surface area contributed by atoms with Crippen molar-refractivity contribution in [3.05, 3.63) is 29.8 Å². The van der Waals surface area contributed by atoms with Gasteiger partial charge < -0.3 is 15.4 Å². The van der Waals surface area contributed by atoms with E-state index in [-0.39, 0.29) is 0 Å². The van der Waals surface area contributed by atoms with Gasteiger partial charge in [0.1, 0.15) is 5.75 Å². The number of rotatable bonds is 5. The van der Waals surface area contributed by atoms with Gasteiger partial charge in [-0.1, -0.05) is 18.6 Å². The number of hydrogen-bond acceptors (Lipinski definition) is 3. The first kappa shape index (κ1) is 13.4. The molecule has 1 aliphatic rings. The van der Waals surface area contributed by atoms with Crippen molar-refractivity contribution in [2.24, 2.45) is 0 Å². The van der Waals surface area contributed by atoms with Gasteiger partial charge in [-0.05, 0) is 44.0 Å². The summed E-state index contributed by atoms with van der Waals surface area (Å²) in [6.45, 7) is 4.41. The predicted octanol–water partition coefficient (Wildman–Crippen LogP) is 2.49. The highest BCUT2D eigenvalue weighted by Crippen LogP contribution is 2.19. The van der Waals surface area contributed by atoms with E-state index < -0.39 is 0 Å². The summed E-state index contributed by atoms with van der Waals surface area (Å²) in [6, 6.07) is 9.28. The van der Waals surface area contributed by atoms with Crippen LogP contribution in [-0.2, 0) is 0 Å². The van der Waals surface area contributed by atoms with Crippen LogP contribution in [0.1, 0.15) is 37.8 Å². The molecule has 18 heavy (non-hydrogen) atoms. The lowest BCUT2D eigenvalue weighted by Gasteiger charge is -2.25. The van der Waals surface area contributed by atoms with Gasteiger partial charge in [-0.2, -0.15) is 0 Å². The average Bonchev–Trinajstić information content (AvgIpc) is 2.46. The summed E-state index contributed by atoms with van der Waals surface area (Å²) in [5.41, 5.74) is 1.28. The molecule has 1 aromatic rings. The van der Waals surface area contributed by atoms with Crippen LogP contribution in [0.15, 0.2) is 24.3 Å². The lowest BCUT2D eigenvalue weighted by atomic mass is 10.0. The smallest absolute Gasteiger partial charge is 0.119 e. The minimum Gasteiger partial charge on any atom is -0.497 e. The molecule has 2 N–H and O–H groups in total. The minimum absolute atomic E-state index is 0.365. The normalized spacial score (nSPS) is 21.6. The van der Waals surface area contributed by atoms with Crippen LogP contribution < -0.4 is 15.4 Å². The molecular formula is C15H24N2O. The zero-order chi connectivity index (χ0) is 12.8. The van der Waals surface area contributed by atoms with Crippen molar-refractivity contribution in [1.29, 1.82) is 0 Å². The molecule has 1 fully saturated rings. The molecule has 1 heterocycles. The van der Waals surface area contributed by atoms with Crippen LogP contribution in [0.4, 0.5) is 0 Å². The zero-order valence-corrected chi connectivity index (χ0v) is 11.4. The fourth-order valence-corrected chi connectivity index (χ4v) is 2.45. The van der Waals surface area contributed by atoms with Gasteiger partial charge in [0.25, 0.3) is 0 Å². The Balaban J connectivity index is 1.84. The quantitative estimate of drug-likeness (QED) is 0.840. The van der Waals surface area contributed by atoms with Gasteiger partial charge in [-0.15, -0.1) is 0 Å². The first-order valence-corrected chi connectivity index (χ1v) is 6.90. The first-order chi connectivity index (χ1) is 8.79. The van der Waals surface area contributed by atoms with Gasteiger partial charge in [-0.3, -0.25) is 0 Å². The number of ether oxygens (including phenoxy) is 1. The minimum atomic E-state index is 0.365. The first-order valence-electron chi connectivity index (χ1n) is 6.90. The van der Waals surface area contributed by atoms with Gasteiger partial charge in [0.2, 0.25) is 0 Å². The Hall–Kier alpha value is -1.06. The molecule has 2 atom stereocenters. The summed E-state index contributed by atoms with van der Waals surface area (Å²) in [7, 11) is 1.71. The van der Waals surface area contributed by atoms with Crippen LogP contribution in [0.2, 0.25) is 0 Å². The summed E-state index contributed by atoms with van der Waals surface area (Å²) in [4.78, 5) is 0. The van der Waals surface area contributed by atoms with E-state index in [9.17, 15) is 0 Å². The monoisotopic (exact) mass is 248 g/mol. The van der Waals surface area contributed by atoms with E-state index in [0.717, 1.165) is 12.3 Å². The highest BCUT2D eigenvalue weighted by atomic mass is 16.5. The lowest BCUT2D eigenvalue weighted by Crippen LogP contribution is -2.42. The van der Waals surface area contributed by atoms with E-state index in [1.807, 2.05) is 12.1 Å². The van der Waals surface area contributed by atoms with Crippen molar-refractivity contribution < 1.29 is 4.74 Å². The van der Waals surface area contributed by atoms with Crippen molar-refractivity contribution in [1.82, 2.24) is 10.6 Å². The predicted molar refractivity (Wildman–Crippen MR) is 75.1 cm³/mol. The third-order valence-electron chi connectivity index (χ3n) is 3.68. The molecule has 1 saturated heterocycles. The third kappa shape index (κ3) is 3.72. The molecule has 0 saturated carbocycles. The molecule has 100 valence electrons. The number of nitrogens with one attached hydrogen (secondary N) is 2. The topological polar surface area (TPSA) is 33.3 Å². The van der Waals surface area contributed by atoms with Crippen LogP contribution in [0.25, 0.3) is 0 Å². The van der Waals surface area contributed by atoms with Gasteiger partial charge in [0, 0.05) is 18.6 Å². The Bertz CT molecular complexity index is 361. The molecule has 3 heteroatoms. The fraction of sp³-hybridized carbons (Fsp3) is 0.600. The summed E-state index contributed by atoms with van der Waals surface area (Å²) in [5, 5.41) is 7.16. The Labute approximate surface area is 110 Å². The number of benzene rings is 1. The summed E-state index contributed by atoms with van der Waals surface area (Å²) < 4.78 is 5.26. The Morgan fingerprint density at radius 3 is 3.06 bits per heavy atom. The Kier molecular flexibility index (Phi) is 5.02. The average molecular weight is 248 g/mol. The van der Waals surface area contributed by atoms with Gasteiger partial charge in [-0.25, -0.2) is 0 Å². The van der Waals surface area contributed by atoms with Crippen molar-refractivity contribution in [2.75, 3.05) is 20.2 Å². The summed E-state index contributed by atoms with van der Waals surface area (Å²) in [5.74, 6) is 0.928. The maximum Gasteiger partial charge on any atom is 0.119 e. The molecule has 0 amide bonds. The van der Waals surface area contributed by atoms with Crippen molar-refractivity contribution in [3.8, 4) is 5.75 Å². The largest absolute Gasteiger partial charge is 0.497 e. The molecule has 0 aromatic heterocycles. The molecule has 1 aliphatic heterocycles. The molecule has 0 radical (unpaired) electrons. The van der Waals surface area contributed by atoms with Crippen molar-refractivity contribution >= 4 is 0 Å². The molecule has 3 nitrogen and oxygen atoms in total. The van der Waals surface area contributed by atoms with Crippen LogP contribution in [0, 0.1) is 0 Å². The van der Waals surface area contributed by atoms with Gasteiger partial charge in [0.05, 0.1) is 7.11 Å². The maximum absolute atomic E-state index is 5.26. The molecule has 2 rings (SSSR count).